The zero-order valence-electron chi connectivity index (χ0n) is 16.2. The van der Waals surface area contributed by atoms with Crippen molar-refractivity contribution in [2.45, 2.75) is 52.6 Å². The standard InChI is InChI=1S/C19H31N5O/c1-15-12-16(2)24(21-15)13-17(3)23-7-6-20-18(23)19(4,5)14-22-8-10-25-11-9-22/h6-7,12,17H,8-11,13-14H2,1-5H3/t17-/m1/s1. The van der Waals surface area contributed by atoms with Crippen LogP contribution in [0.1, 0.15) is 44.0 Å². The normalized spacial score (nSPS) is 17.8. The van der Waals surface area contributed by atoms with Crippen LogP contribution in [-0.2, 0) is 16.7 Å². The smallest absolute Gasteiger partial charge is 0.115 e. The largest absolute Gasteiger partial charge is 0.379 e. The molecule has 1 saturated heterocycles. The Hall–Kier alpha value is -1.66. The summed E-state index contributed by atoms with van der Waals surface area (Å²) in [7, 11) is 0. The van der Waals surface area contributed by atoms with Gasteiger partial charge in [0, 0.05) is 43.1 Å². The van der Waals surface area contributed by atoms with Crippen LogP contribution < -0.4 is 0 Å². The van der Waals surface area contributed by atoms with Crippen molar-refractivity contribution < 1.29 is 4.74 Å². The quantitative estimate of drug-likeness (QED) is 0.807. The van der Waals surface area contributed by atoms with Gasteiger partial charge in [0.1, 0.15) is 5.82 Å². The van der Waals surface area contributed by atoms with Gasteiger partial charge in [0.25, 0.3) is 0 Å². The van der Waals surface area contributed by atoms with E-state index >= 15 is 0 Å². The van der Waals surface area contributed by atoms with Gasteiger partial charge in [-0.05, 0) is 26.8 Å². The molecule has 6 heteroatoms. The first-order valence-electron chi connectivity index (χ1n) is 9.21. The summed E-state index contributed by atoms with van der Waals surface area (Å²) in [6.07, 6.45) is 4.03. The topological polar surface area (TPSA) is 48.1 Å². The summed E-state index contributed by atoms with van der Waals surface area (Å²) in [4.78, 5) is 7.20. The van der Waals surface area contributed by atoms with E-state index in [0.717, 1.165) is 50.9 Å². The summed E-state index contributed by atoms with van der Waals surface area (Å²) in [6, 6.07) is 2.43. The van der Waals surface area contributed by atoms with E-state index in [2.05, 4.69) is 59.2 Å². The summed E-state index contributed by atoms with van der Waals surface area (Å²) in [6.45, 7) is 16.5. The second-order valence-electron chi connectivity index (χ2n) is 7.89. The number of hydrogen-bond donors (Lipinski definition) is 0. The highest BCUT2D eigenvalue weighted by atomic mass is 16.5. The SMILES string of the molecule is Cc1cc(C)n(C[C@@H](C)n2ccnc2C(C)(C)CN2CCOCC2)n1. The number of ether oxygens (including phenoxy) is 1. The van der Waals surface area contributed by atoms with Crippen molar-refractivity contribution in [2.75, 3.05) is 32.8 Å². The molecule has 25 heavy (non-hydrogen) atoms. The van der Waals surface area contributed by atoms with Crippen LogP contribution in [0.5, 0.6) is 0 Å². The van der Waals surface area contributed by atoms with Gasteiger partial charge < -0.3 is 9.30 Å². The van der Waals surface area contributed by atoms with E-state index in [0.29, 0.717) is 6.04 Å². The van der Waals surface area contributed by atoms with Crippen LogP contribution in [0.4, 0.5) is 0 Å². The van der Waals surface area contributed by atoms with Gasteiger partial charge in [-0.15, -0.1) is 0 Å². The average molecular weight is 345 g/mol. The summed E-state index contributed by atoms with van der Waals surface area (Å²) < 4.78 is 9.89. The van der Waals surface area contributed by atoms with Crippen LogP contribution in [0.15, 0.2) is 18.5 Å². The molecule has 0 N–H and O–H groups in total. The highest BCUT2D eigenvalue weighted by molar-refractivity contribution is 5.10. The fraction of sp³-hybridized carbons (Fsp3) is 0.684. The minimum atomic E-state index is -0.00974. The van der Waals surface area contributed by atoms with Crippen LogP contribution >= 0.6 is 0 Å². The Morgan fingerprint density at radius 2 is 1.96 bits per heavy atom. The maximum Gasteiger partial charge on any atom is 0.115 e. The molecule has 0 spiro atoms. The fourth-order valence-electron chi connectivity index (χ4n) is 3.78. The summed E-state index contributed by atoms with van der Waals surface area (Å²) in [5.41, 5.74) is 2.27. The van der Waals surface area contributed by atoms with E-state index in [4.69, 9.17) is 9.72 Å². The van der Waals surface area contributed by atoms with Gasteiger partial charge in [-0.3, -0.25) is 9.58 Å². The molecule has 2 aromatic heterocycles. The van der Waals surface area contributed by atoms with Gasteiger partial charge in [0.05, 0.1) is 31.5 Å². The number of hydrogen-bond acceptors (Lipinski definition) is 4. The average Bonchev–Trinajstić information content (AvgIpc) is 3.15. The van der Waals surface area contributed by atoms with Crippen molar-refractivity contribution in [1.29, 1.82) is 0 Å². The Morgan fingerprint density at radius 3 is 2.60 bits per heavy atom. The highest BCUT2D eigenvalue weighted by Gasteiger charge is 2.30. The lowest BCUT2D eigenvalue weighted by atomic mass is 9.91. The Balaban J connectivity index is 1.75. The van der Waals surface area contributed by atoms with Crippen LogP contribution in [0.2, 0.25) is 0 Å². The van der Waals surface area contributed by atoms with Crippen LogP contribution in [-0.4, -0.2) is 57.1 Å². The maximum atomic E-state index is 5.47. The summed E-state index contributed by atoms with van der Waals surface area (Å²) >= 11 is 0. The zero-order valence-corrected chi connectivity index (χ0v) is 16.2. The first-order chi connectivity index (χ1) is 11.9. The summed E-state index contributed by atoms with van der Waals surface area (Å²) in [5.74, 6) is 1.15. The predicted octanol–water partition coefficient (Wildman–Crippen LogP) is 2.57. The predicted molar refractivity (Wildman–Crippen MR) is 98.9 cm³/mol. The lowest BCUT2D eigenvalue weighted by Gasteiger charge is -2.35. The van der Waals surface area contributed by atoms with Crippen molar-refractivity contribution in [3.8, 4) is 0 Å². The monoisotopic (exact) mass is 345 g/mol. The number of aryl methyl sites for hydroxylation is 2. The second kappa shape index (κ2) is 7.30. The van der Waals surface area contributed by atoms with Gasteiger partial charge >= 0.3 is 0 Å². The first kappa shape index (κ1) is 18.1. The molecule has 0 aliphatic carbocycles. The maximum absolute atomic E-state index is 5.47. The molecule has 2 aromatic rings. The number of imidazole rings is 1. The van der Waals surface area contributed by atoms with Gasteiger partial charge in [-0.1, -0.05) is 13.8 Å². The minimum absolute atomic E-state index is 0.00974. The first-order valence-corrected chi connectivity index (χ1v) is 9.21. The third kappa shape index (κ3) is 4.12. The molecule has 1 aliphatic heterocycles. The molecule has 0 bridgehead atoms. The molecular weight excluding hydrogens is 314 g/mol. The lowest BCUT2D eigenvalue weighted by molar-refractivity contribution is 0.0285. The van der Waals surface area contributed by atoms with Crippen LogP contribution in [0.25, 0.3) is 0 Å². The number of rotatable bonds is 6. The number of nitrogens with zero attached hydrogens (tertiary/aromatic N) is 5. The third-order valence-corrected chi connectivity index (χ3v) is 5.01. The van der Waals surface area contributed by atoms with Gasteiger partial charge in [-0.2, -0.15) is 5.10 Å². The fourth-order valence-corrected chi connectivity index (χ4v) is 3.78. The number of aromatic nitrogens is 4. The minimum Gasteiger partial charge on any atom is -0.379 e. The Kier molecular flexibility index (Phi) is 5.29. The molecule has 3 heterocycles. The Labute approximate surface area is 150 Å². The second-order valence-corrected chi connectivity index (χ2v) is 7.89. The lowest BCUT2D eigenvalue weighted by Crippen LogP contribution is -2.44. The molecular formula is C19H31N5O. The molecule has 138 valence electrons. The Bertz CT molecular complexity index is 696. The zero-order chi connectivity index (χ0) is 18.0. The van der Waals surface area contributed by atoms with Crippen molar-refractivity contribution in [3.63, 3.8) is 0 Å². The van der Waals surface area contributed by atoms with Crippen molar-refractivity contribution in [1.82, 2.24) is 24.2 Å². The van der Waals surface area contributed by atoms with E-state index in [1.807, 2.05) is 13.1 Å². The van der Waals surface area contributed by atoms with Crippen molar-refractivity contribution >= 4 is 0 Å². The molecule has 0 amide bonds. The molecule has 1 fully saturated rings. The van der Waals surface area contributed by atoms with E-state index in [-0.39, 0.29) is 5.41 Å². The van der Waals surface area contributed by atoms with E-state index in [1.54, 1.807) is 0 Å². The summed E-state index contributed by atoms with van der Waals surface area (Å²) in [5, 5.41) is 4.61. The van der Waals surface area contributed by atoms with E-state index in [1.165, 1.54) is 5.69 Å². The molecule has 0 radical (unpaired) electrons. The molecule has 3 rings (SSSR count). The highest BCUT2D eigenvalue weighted by Crippen LogP contribution is 2.26. The van der Waals surface area contributed by atoms with Crippen molar-refractivity contribution in [2.24, 2.45) is 0 Å². The molecule has 1 aliphatic rings. The molecule has 0 unspecified atom stereocenters. The molecule has 0 aromatic carbocycles. The van der Waals surface area contributed by atoms with Gasteiger partial charge in [0.2, 0.25) is 0 Å². The molecule has 1 atom stereocenters. The van der Waals surface area contributed by atoms with Gasteiger partial charge in [0.15, 0.2) is 0 Å². The third-order valence-electron chi connectivity index (χ3n) is 5.01. The Morgan fingerprint density at radius 1 is 1.24 bits per heavy atom. The molecule has 0 saturated carbocycles. The number of morpholine rings is 1. The van der Waals surface area contributed by atoms with Gasteiger partial charge in [-0.25, -0.2) is 4.98 Å². The molecule has 6 nitrogen and oxygen atoms in total. The van der Waals surface area contributed by atoms with E-state index < -0.39 is 0 Å². The van der Waals surface area contributed by atoms with Crippen molar-refractivity contribution in [3.05, 3.63) is 35.7 Å². The van der Waals surface area contributed by atoms with Crippen LogP contribution in [0.3, 0.4) is 0 Å². The van der Waals surface area contributed by atoms with Crippen LogP contribution in [0, 0.1) is 13.8 Å². The van der Waals surface area contributed by atoms with E-state index in [9.17, 15) is 0 Å².